The zero-order valence-electron chi connectivity index (χ0n) is 11.9. The highest BCUT2D eigenvalue weighted by Gasteiger charge is 2.21. The molecule has 1 aromatic carbocycles. The minimum Gasteiger partial charge on any atom is -0.488 e. The van der Waals surface area contributed by atoms with E-state index in [1.54, 1.807) is 13.8 Å². The van der Waals surface area contributed by atoms with Gasteiger partial charge in [-0.25, -0.2) is 4.39 Å². The van der Waals surface area contributed by atoms with E-state index < -0.39 is 22.8 Å². The van der Waals surface area contributed by atoms with Crippen molar-refractivity contribution in [1.29, 1.82) is 0 Å². The number of carboxylic acid groups (broad SMARTS) is 1. The van der Waals surface area contributed by atoms with Crippen molar-refractivity contribution in [3.05, 3.63) is 33.6 Å². The summed E-state index contributed by atoms with van der Waals surface area (Å²) in [7, 11) is 0. The molecule has 1 atom stereocenters. The number of ether oxygens (including phenoxy) is 1. The molecule has 116 valence electrons. The fourth-order valence-corrected chi connectivity index (χ4v) is 1.72. The van der Waals surface area contributed by atoms with Gasteiger partial charge in [0.1, 0.15) is 12.6 Å². The van der Waals surface area contributed by atoms with Crippen LogP contribution in [0.4, 0.5) is 10.1 Å². The van der Waals surface area contributed by atoms with Crippen LogP contribution < -0.4 is 10.1 Å². The van der Waals surface area contributed by atoms with Crippen LogP contribution in [0.5, 0.6) is 5.75 Å². The SMILES string of the molecule is Cc1cc(OCC(NC(C)C)C(=O)O)c(F)cc1[N+](=O)[O-]. The first kappa shape index (κ1) is 16.8. The van der Waals surface area contributed by atoms with Gasteiger partial charge in [-0.1, -0.05) is 13.8 Å². The second-order valence-electron chi connectivity index (χ2n) is 4.85. The molecule has 0 spiro atoms. The van der Waals surface area contributed by atoms with Crippen LogP contribution in [-0.4, -0.2) is 34.7 Å². The number of nitrogens with zero attached hydrogens (tertiary/aromatic N) is 1. The number of nitro groups is 1. The summed E-state index contributed by atoms with van der Waals surface area (Å²) < 4.78 is 18.8. The number of nitrogens with one attached hydrogen (secondary N) is 1. The number of benzene rings is 1. The fraction of sp³-hybridized carbons (Fsp3) is 0.462. The third-order valence-electron chi connectivity index (χ3n) is 2.69. The maximum Gasteiger partial charge on any atom is 0.324 e. The first-order valence-corrected chi connectivity index (χ1v) is 6.28. The van der Waals surface area contributed by atoms with Gasteiger partial charge in [0.05, 0.1) is 11.0 Å². The van der Waals surface area contributed by atoms with Crippen molar-refractivity contribution in [1.82, 2.24) is 5.32 Å². The maximum absolute atomic E-state index is 13.7. The molecule has 0 aliphatic rings. The lowest BCUT2D eigenvalue weighted by molar-refractivity contribution is -0.385. The molecule has 2 N–H and O–H groups in total. The molecule has 7 nitrogen and oxygen atoms in total. The molecule has 1 unspecified atom stereocenters. The van der Waals surface area contributed by atoms with Crippen LogP contribution in [0.25, 0.3) is 0 Å². The predicted molar refractivity (Wildman–Crippen MR) is 73.0 cm³/mol. The van der Waals surface area contributed by atoms with Crippen molar-refractivity contribution in [2.75, 3.05) is 6.61 Å². The highest BCUT2D eigenvalue weighted by Crippen LogP contribution is 2.27. The number of hydrogen-bond acceptors (Lipinski definition) is 5. The second kappa shape index (κ2) is 6.98. The summed E-state index contributed by atoms with van der Waals surface area (Å²) in [4.78, 5) is 21.0. The summed E-state index contributed by atoms with van der Waals surface area (Å²) in [6, 6.07) is 0.857. The molecule has 0 bridgehead atoms. The molecule has 21 heavy (non-hydrogen) atoms. The summed E-state index contributed by atoms with van der Waals surface area (Å²) in [6.07, 6.45) is 0. The first-order chi connectivity index (χ1) is 9.72. The second-order valence-corrected chi connectivity index (χ2v) is 4.85. The van der Waals surface area contributed by atoms with Gasteiger partial charge in [0.15, 0.2) is 11.6 Å². The van der Waals surface area contributed by atoms with E-state index in [-0.39, 0.29) is 29.6 Å². The average Bonchev–Trinajstić information content (AvgIpc) is 2.36. The molecule has 1 rings (SSSR count). The molecule has 0 heterocycles. The monoisotopic (exact) mass is 300 g/mol. The van der Waals surface area contributed by atoms with Crippen LogP contribution >= 0.6 is 0 Å². The fourth-order valence-electron chi connectivity index (χ4n) is 1.72. The number of rotatable bonds is 7. The zero-order valence-corrected chi connectivity index (χ0v) is 11.9. The molecule has 0 aromatic heterocycles. The molecule has 0 fully saturated rings. The van der Waals surface area contributed by atoms with E-state index in [1.165, 1.54) is 13.0 Å². The van der Waals surface area contributed by atoms with Crippen molar-refractivity contribution >= 4 is 11.7 Å². The third kappa shape index (κ3) is 4.67. The maximum atomic E-state index is 13.7. The van der Waals surface area contributed by atoms with E-state index in [4.69, 9.17) is 9.84 Å². The van der Waals surface area contributed by atoms with Gasteiger partial charge in [-0.15, -0.1) is 0 Å². The number of nitro benzene ring substituents is 1. The molecular formula is C13H17FN2O5. The minimum atomic E-state index is -1.12. The quantitative estimate of drug-likeness (QED) is 0.589. The topological polar surface area (TPSA) is 102 Å². The number of halogens is 1. The summed E-state index contributed by atoms with van der Waals surface area (Å²) in [6.45, 7) is 4.70. The van der Waals surface area contributed by atoms with Crippen LogP contribution in [-0.2, 0) is 4.79 Å². The van der Waals surface area contributed by atoms with Crippen molar-refractivity contribution in [2.24, 2.45) is 0 Å². The highest BCUT2D eigenvalue weighted by molar-refractivity contribution is 5.73. The van der Waals surface area contributed by atoms with Crippen molar-refractivity contribution in [3.8, 4) is 5.75 Å². The van der Waals surface area contributed by atoms with Crippen molar-refractivity contribution in [2.45, 2.75) is 32.9 Å². The van der Waals surface area contributed by atoms with Gasteiger partial charge in [0.2, 0.25) is 0 Å². The molecule has 0 saturated heterocycles. The van der Waals surface area contributed by atoms with Gasteiger partial charge >= 0.3 is 5.97 Å². The molecule has 8 heteroatoms. The Morgan fingerprint density at radius 3 is 2.62 bits per heavy atom. The normalized spacial score (nSPS) is 12.2. The van der Waals surface area contributed by atoms with Crippen molar-refractivity contribution < 1.29 is 24.0 Å². The zero-order chi connectivity index (χ0) is 16.2. The Labute approximate surface area is 120 Å². The molecule has 0 aliphatic carbocycles. The smallest absolute Gasteiger partial charge is 0.324 e. The van der Waals surface area contributed by atoms with Crippen LogP contribution in [0.2, 0.25) is 0 Å². The molecule has 0 amide bonds. The lowest BCUT2D eigenvalue weighted by Crippen LogP contribution is -2.44. The van der Waals surface area contributed by atoms with Crippen LogP contribution in [0.3, 0.4) is 0 Å². The number of aryl methyl sites for hydroxylation is 1. The van der Waals surface area contributed by atoms with E-state index in [1.807, 2.05) is 0 Å². The van der Waals surface area contributed by atoms with E-state index in [9.17, 15) is 19.3 Å². The lowest BCUT2D eigenvalue weighted by atomic mass is 10.2. The van der Waals surface area contributed by atoms with E-state index in [0.29, 0.717) is 0 Å². The Hall–Kier alpha value is -2.22. The molecular weight excluding hydrogens is 283 g/mol. The third-order valence-corrected chi connectivity index (χ3v) is 2.69. The Morgan fingerprint density at radius 1 is 1.52 bits per heavy atom. The Kier molecular flexibility index (Phi) is 5.60. The number of carboxylic acids is 1. The molecule has 0 radical (unpaired) electrons. The summed E-state index contributed by atoms with van der Waals surface area (Å²) in [5.74, 6) is -2.24. The predicted octanol–water partition coefficient (Wildman–Crippen LogP) is 1.87. The first-order valence-electron chi connectivity index (χ1n) is 6.28. The average molecular weight is 300 g/mol. The Morgan fingerprint density at radius 2 is 2.14 bits per heavy atom. The van der Waals surface area contributed by atoms with E-state index in [0.717, 1.165) is 6.07 Å². The number of carbonyl (C=O) groups is 1. The number of aliphatic carboxylic acids is 1. The summed E-state index contributed by atoms with van der Waals surface area (Å²) >= 11 is 0. The Balaban J connectivity index is 2.86. The van der Waals surface area contributed by atoms with Crippen LogP contribution in [0.1, 0.15) is 19.4 Å². The van der Waals surface area contributed by atoms with Crippen molar-refractivity contribution in [3.63, 3.8) is 0 Å². The van der Waals surface area contributed by atoms with Gasteiger partial charge in [-0.3, -0.25) is 20.2 Å². The van der Waals surface area contributed by atoms with Gasteiger partial charge in [-0.2, -0.15) is 0 Å². The molecule has 1 aromatic rings. The largest absolute Gasteiger partial charge is 0.488 e. The summed E-state index contributed by atoms with van der Waals surface area (Å²) in [5.41, 5.74) is -0.116. The number of hydrogen-bond donors (Lipinski definition) is 2. The minimum absolute atomic E-state index is 0.0851. The Bertz CT molecular complexity index is 548. The van der Waals surface area contributed by atoms with E-state index in [2.05, 4.69) is 5.32 Å². The van der Waals surface area contributed by atoms with Gasteiger partial charge in [0.25, 0.3) is 5.69 Å². The van der Waals surface area contributed by atoms with E-state index >= 15 is 0 Å². The van der Waals surface area contributed by atoms with Crippen LogP contribution in [0, 0.1) is 22.9 Å². The molecule has 0 aliphatic heterocycles. The van der Waals surface area contributed by atoms with Gasteiger partial charge < -0.3 is 9.84 Å². The van der Waals surface area contributed by atoms with Gasteiger partial charge in [-0.05, 0) is 13.0 Å². The van der Waals surface area contributed by atoms with Gasteiger partial charge in [0, 0.05) is 11.6 Å². The summed E-state index contributed by atoms with van der Waals surface area (Å²) in [5, 5.41) is 22.4. The molecule has 0 saturated carbocycles. The van der Waals surface area contributed by atoms with Crippen LogP contribution in [0.15, 0.2) is 12.1 Å². The lowest BCUT2D eigenvalue weighted by Gasteiger charge is -2.18. The standard InChI is InChI=1S/C13H17FN2O5/c1-7(2)15-10(13(17)18)6-21-12-4-8(3)11(16(19)20)5-9(12)14/h4-5,7,10,15H,6H2,1-3H3,(H,17,18). The highest BCUT2D eigenvalue weighted by atomic mass is 19.1.